The third-order valence-electron chi connectivity index (χ3n) is 5.91. The molecule has 2 aromatic rings. The van der Waals surface area contributed by atoms with Gasteiger partial charge in [-0.25, -0.2) is 4.98 Å². The monoisotopic (exact) mass is 431 g/mol. The number of thiazole rings is 1. The number of rotatable bonds is 3. The molecule has 3 heterocycles. The molecule has 4 nitrogen and oxygen atoms in total. The molecule has 1 aromatic carbocycles. The topological polar surface area (TPSA) is 56.3 Å². The van der Waals surface area contributed by atoms with E-state index in [1.807, 2.05) is 24.3 Å². The highest BCUT2D eigenvalue weighted by molar-refractivity contribution is 9.10. The van der Waals surface area contributed by atoms with Crippen molar-refractivity contribution in [2.45, 2.75) is 44.3 Å². The maximum Gasteiger partial charge on any atom is 0.155 e. The van der Waals surface area contributed by atoms with Crippen LogP contribution in [0.1, 0.15) is 36.3 Å². The number of ether oxygens (including phenoxy) is 1. The van der Waals surface area contributed by atoms with Crippen molar-refractivity contribution >= 4 is 38.8 Å². The first-order chi connectivity index (χ1) is 12.6. The van der Waals surface area contributed by atoms with Crippen molar-refractivity contribution in [2.75, 3.05) is 0 Å². The van der Waals surface area contributed by atoms with E-state index in [9.17, 15) is 9.59 Å². The predicted molar refractivity (Wildman–Crippen MR) is 102 cm³/mol. The molecule has 0 amide bonds. The zero-order chi connectivity index (χ0) is 18.0. The summed E-state index contributed by atoms with van der Waals surface area (Å²) in [6, 6.07) is 7.97. The van der Waals surface area contributed by atoms with E-state index < -0.39 is 5.92 Å². The maximum absolute atomic E-state index is 13.1. The highest BCUT2D eigenvalue weighted by Gasteiger charge is 2.63. The molecule has 3 fully saturated rings. The maximum atomic E-state index is 13.1. The molecule has 2 aliphatic heterocycles. The van der Waals surface area contributed by atoms with E-state index in [1.54, 1.807) is 11.3 Å². The standard InChI is InChI=1S/C20H18BrNO3S/c1-2-13-17(22-20(26-13)9-3-5-10(21)6-4-9)16-18(23)14-11-7-8-12(25-11)15(14)19(16)24/h3-6,11-12,14-16H,2,7-8H2,1H3/t11-,12+,14-,15+,16?. The number of carbonyl (C=O) groups is 2. The van der Waals surface area contributed by atoms with Crippen LogP contribution >= 0.6 is 27.3 Å². The first-order valence-corrected chi connectivity index (χ1v) is 10.7. The number of halogens is 1. The third kappa shape index (κ3) is 2.31. The lowest BCUT2D eigenvalue weighted by atomic mass is 9.81. The Morgan fingerprint density at radius 1 is 1.12 bits per heavy atom. The Hall–Kier alpha value is -1.37. The van der Waals surface area contributed by atoms with E-state index >= 15 is 0 Å². The highest BCUT2D eigenvalue weighted by atomic mass is 79.9. The molecule has 2 bridgehead atoms. The fourth-order valence-electron chi connectivity index (χ4n) is 4.75. The quantitative estimate of drug-likeness (QED) is 0.684. The van der Waals surface area contributed by atoms with Crippen LogP contribution in [0, 0.1) is 11.8 Å². The predicted octanol–water partition coefficient (Wildman–Crippen LogP) is 4.16. The summed E-state index contributed by atoms with van der Waals surface area (Å²) in [5.74, 6) is -1.10. The van der Waals surface area contributed by atoms with Gasteiger partial charge in [-0.15, -0.1) is 11.3 Å². The van der Waals surface area contributed by atoms with Crippen molar-refractivity contribution < 1.29 is 14.3 Å². The van der Waals surface area contributed by atoms with Crippen molar-refractivity contribution in [3.63, 3.8) is 0 Å². The minimum Gasteiger partial charge on any atom is -0.373 e. The number of hydrogen-bond acceptors (Lipinski definition) is 5. The molecule has 26 heavy (non-hydrogen) atoms. The minimum atomic E-state index is -0.688. The van der Waals surface area contributed by atoms with Gasteiger partial charge < -0.3 is 4.74 Å². The zero-order valence-corrected chi connectivity index (χ0v) is 16.7. The van der Waals surface area contributed by atoms with Crippen molar-refractivity contribution in [2.24, 2.45) is 11.8 Å². The molecule has 0 N–H and O–H groups in total. The van der Waals surface area contributed by atoms with Crippen LogP contribution in [0.2, 0.25) is 0 Å². The van der Waals surface area contributed by atoms with Gasteiger partial charge in [0.25, 0.3) is 0 Å². The number of fused-ring (bicyclic) bond motifs is 5. The van der Waals surface area contributed by atoms with E-state index in [4.69, 9.17) is 9.72 Å². The Morgan fingerprint density at radius 3 is 2.31 bits per heavy atom. The number of aromatic nitrogens is 1. The molecule has 6 heteroatoms. The van der Waals surface area contributed by atoms with Crippen LogP contribution in [-0.4, -0.2) is 28.8 Å². The Balaban J connectivity index is 1.55. The van der Waals surface area contributed by atoms with Gasteiger partial charge in [-0.3, -0.25) is 9.59 Å². The number of hydrogen-bond donors (Lipinski definition) is 0. The number of carbonyl (C=O) groups excluding carboxylic acids is 2. The van der Waals surface area contributed by atoms with Gasteiger partial charge in [-0.1, -0.05) is 35.0 Å². The first-order valence-electron chi connectivity index (χ1n) is 9.07. The molecular weight excluding hydrogens is 414 g/mol. The van der Waals surface area contributed by atoms with Crippen molar-refractivity contribution in [3.05, 3.63) is 39.3 Å². The summed E-state index contributed by atoms with van der Waals surface area (Å²) in [5, 5.41) is 0.876. The lowest BCUT2D eigenvalue weighted by molar-refractivity contribution is -0.127. The van der Waals surface area contributed by atoms with Gasteiger partial charge in [0.05, 0.1) is 29.7 Å². The van der Waals surface area contributed by atoms with Crippen LogP contribution in [0.5, 0.6) is 0 Å². The summed E-state index contributed by atoms with van der Waals surface area (Å²) in [4.78, 5) is 32.0. The average molecular weight is 432 g/mol. The lowest BCUT2D eigenvalue weighted by Crippen LogP contribution is -2.29. The molecule has 1 unspecified atom stereocenters. The summed E-state index contributed by atoms with van der Waals surface area (Å²) in [6.45, 7) is 2.06. The Bertz CT molecular complexity index is 878. The molecule has 5 rings (SSSR count). The van der Waals surface area contributed by atoms with E-state index in [0.29, 0.717) is 5.69 Å². The summed E-state index contributed by atoms with van der Waals surface area (Å²) < 4.78 is 6.85. The van der Waals surface area contributed by atoms with Crippen LogP contribution in [0.25, 0.3) is 10.6 Å². The summed E-state index contributed by atoms with van der Waals surface area (Å²) >= 11 is 5.04. The number of nitrogens with zero attached hydrogens (tertiary/aromatic N) is 1. The number of Topliss-reactive ketones (excluding diaryl/α,β-unsaturated/α-hetero) is 2. The number of aryl methyl sites for hydroxylation is 1. The first kappa shape index (κ1) is 16.8. The number of benzene rings is 1. The van der Waals surface area contributed by atoms with Crippen LogP contribution in [0.3, 0.4) is 0 Å². The van der Waals surface area contributed by atoms with Crippen molar-refractivity contribution in [3.8, 4) is 10.6 Å². The molecule has 1 aromatic heterocycles. The molecular formula is C20H18BrNO3S. The Labute approximate surface area is 164 Å². The van der Waals surface area contributed by atoms with Gasteiger partial charge >= 0.3 is 0 Å². The Kier molecular flexibility index (Phi) is 3.92. The molecule has 5 atom stereocenters. The van der Waals surface area contributed by atoms with Crippen LogP contribution in [0.15, 0.2) is 28.7 Å². The molecule has 1 saturated carbocycles. The summed E-state index contributed by atoms with van der Waals surface area (Å²) in [7, 11) is 0. The summed E-state index contributed by atoms with van der Waals surface area (Å²) in [6.07, 6.45) is 2.47. The van der Waals surface area contributed by atoms with Crippen LogP contribution in [-0.2, 0) is 20.7 Å². The molecule has 0 radical (unpaired) electrons. The van der Waals surface area contributed by atoms with Crippen LogP contribution in [0.4, 0.5) is 0 Å². The van der Waals surface area contributed by atoms with Gasteiger partial charge in [0.2, 0.25) is 0 Å². The lowest BCUT2D eigenvalue weighted by Gasteiger charge is -2.16. The van der Waals surface area contributed by atoms with E-state index in [0.717, 1.165) is 39.2 Å². The largest absolute Gasteiger partial charge is 0.373 e. The van der Waals surface area contributed by atoms with E-state index in [1.165, 1.54) is 0 Å². The molecule has 0 spiro atoms. The molecule has 134 valence electrons. The second-order valence-electron chi connectivity index (χ2n) is 7.27. The number of ketones is 2. The fourth-order valence-corrected chi connectivity index (χ4v) is 6.06. The molecule has 1 aliphatic carbocycles. The zero-order valence-electron chi connectivity index (χ0n) is 14.3. The van der Waals surface area contributed by atoms with Gasteiger partial charge in [-0.2, -0.15) is 0 Å². The summed E-state index contributed by atoms with van der Waals surface area (Å²) in [5.41, 5.74) is 1.71. The second kappa shape index (κ2) is 6.08. The van der Waals surface area contributed by atoms with E-state index in [2.05, 4.69) is 22.9 Å². The normalized spacial score (nSPS) is 32.5. The SMILES string of the molecule is CCc1sc(-c2ccc(Br)cc2)nc1C1C(=O)[C@@H]2[C@H](C1=O)[C@H]1CC[C@@H]2O1. The van der Waals surface area contributed by atoms with Crippen molar-refractivity contribution in [1.82, 2.24) is 4.98 Å². The third-order valence-corrected chi connectivity index (χ3v) is 7.71. The molecule has 2 saturated heterocycles. The van der Waals surface area contributed by atoms with E-state index in [-0.39, 0.29) is 35.6 Å². The highest BCUT2D eigenvalue weighted by Crippen LogP contribution is 2.53. The van der Waals surface area contributed by atoms with Crippen molar-refractivity contribution in [1.29, 1.82) is 0 Å². The van der Waals surface area contributed by atoms with Crippen LogP contribution < -0.4 is 0 Å². The second-order valence-corrected chi connectivity index (χ2v) is 9.27. The van der Waals surface area contributed by atoms with Gasteiger partial charge in [0, 0.05) is 14.9 Å². The van der Waals surface area contributed by atoms with Gasteiger partial charge in [-0.05, 0) is 31.4 Å². The Morgan fingerprint density at radius 2 is 1.73 bits per heavy atom. The fraction of sp³-hybridized carbons (Fsp3) is 0.450. The molecule has 3 aliphatic rings. The van der Waals surface area contributed by atoms with Gasteiger partial charge in [0.1, 0.15) is 10.9 Å². The van der Waals surface area contributed by atoms with Gasteiger partial charge in [0.15, 0.2) is 11.6 Å². The minimum absolute atomic E-state index is 0.0366. The smallest absolute Gasteiger partial charge is 0.155 e. The average Bonchev–Trinajstić information content (AvgIpc) is 3.39.